The van der Waals surface area contributed by atoms with Crippen LogP contribution in [0.25, 0.3) is 16.7 Å². The summed E-state index contributed by atoms with van der Waals surface area (Å²) in [4.78, 5) is 0. The predicted molar refractivity (Wildman–Crippen MR) is 76.3 cm³/mol. The minimum Gasteiger partial charge on any atom is -0.313 e. The Bertz CT molecular complexity index is 750. The van der Waals surface area contributed by atoms with Crippen molar-refractivity contribution in [3.05, 3.63) is 53.8 Å². The second-order valence-corrected chi connectivity index (χ2v) is 4.67. The zero-order chi connectivity index (χ0) is 14.1. The molecule has 0 aliphatic rings. The third-order valence-corrected chi connectivity index (χ3v) is 3.48. The monoisotopic (exact) mass is 270 g/mol. The number of nitrogens with one attached hydrogen (secondary N) is 1. The van der Waals surface area contributed by atoms with E-state index in [1.807, 2.05) is 37.3 Å². The number of para-hydroxylation sites is 1. The van der Waals surface area contributed by atoms with Gasteiger partial charge in [-0.05, 0) is 38.2 Å². The summed E-state index contributed by atoms with van der Waals surface area (Å²) in [6.07, 6.45) is 0. The molecule has 4 nitrogen and oxygen atoms in total. The third-order valence-electron chi connectivity index (χ3n) is 3.48. The fraction of sp³-hybridized carbons (Fsp3) is 0.200. The Hall–Kier alpha value is -2.27. The Morgan fingerprint density at radius 1 is 1.15 bits per heavy atom. The van der Waals surface area contributed by atoms with Gasteiger partial charge in [-0.1, -0.05) is 23.4 Å². The first-order valence-electron chi connectivity index (χ1n) is 6.49. The van der Waals surface area contributed by atoms with E-state index in [0.29, 0.717) is 11.3 Å². The summed E-state index contributed by atoms with van der Waals surface area (Å²) in [6.45, 7) is 1.92. The van der Waals surface area contributed by atoms with Gasteiger partial charge < -0.3 is 5.32 Å². The molecule has 0 saturated carbocycles. The van der Waals surface area contributed by atoms with Crippen molar-refractivity contribution in [3.63, 3.8) is 0 Å². The van der Waals surface area contributed by atoms with Gasteiger partial charge in [0.2, 0.25) is 0 Å². The Morgan fingerprint density at radius 3 is 2.75 bits per heavy atom. The summed E-state index contributed by atoms with van der Waals surface area (Å²) in [5, 5.41) is 11.3. The number of hydrogen-bond donors (Lipinski definition) is 1. The molecule has 0 fully saturated rings. The molecular formula is C15H15FN4. The molecule has 0 bridgehead atoms. The first-order chi connectivity index (χ1) is 9.72. The van der Waals surface area contributed by atoms with E-state index in [1.54, 1.807) is 17.8 Å². The summed E-state index contributed by atoms with van der Waals surface area (Å²) in [6, 6.07) is 12.5. The first kappa shape index (κ1) is 12.7. The molecule has 0 amide bonds. The lowest BCUT2D eigenvalue weighted by molar-refractivity contribution is 0.556. The van der Waals surface area contributed by atoms with Crippen LogP contribution in [-0.2, 0) is 0 Å². The smallest absolute Gasteiger partial charge is 0.130 e. The Kier molecular flexibility index (Phi) is 3.20. The van der Waals surface area contributed by atoms with Crippen LogP contribution in [0.2, 0.25) is 0 Å². The van der Waals surface area contributed by atoms with Crippen LogP contribution in [0.15, 0.2) is 42.5 Å². The quantitative estimate of drug-likeness (QED) is 0.795. The average Bonchev–Trinajstić information content (AvgIpc) is 2.90. The van der Waals surface area contributed by atoms with E-state index in [1.165, 1.54) is 6.07 Å². The van der Waals surface area contributed by atoms with E-state index in [0.717, 1.165) is 11.0 Å². The molecular weight excluding hydrogens is 255 g/mol. The van der Waals surface area contributed by atoms with E-state index in [2.05, 4.69) is 15.6 Å². The van der Waals surface area contributed by atoms with E-state index in [9.17, 15) is 4.39 Å². The SMILES string of the molecule is CNC(C)c1c(F)cccc1-n1nnc2ccccc21. The van der Waals surface area contributed by atoms with Crippen LogP contribution in [0.3, 0.4) is 0 Å². The van der Waals surface area contributed by atoms with Crippen molar-refractivity contribution < 1.29 is 4.39 Å². The molecule has 0 aliphatic heterocycles. The highest BCUT2D eigenvalue weighted by atomic mass is 19.1. The van der Waals surface area contributed by atoms with Crippen molar-refractivity contribution in [2.24, 2.45) is 0 Å². The first-order valence-corrected chi connectivity index (χ1v) is 6.49. The van der Waals surface area contributed by atoms with Gasteiger partial charge in [0.25, 0.3) is 0 Å². The largest absolute Gasteiger partial charge is 0.313 e. The summed E-state index contributed by atoms with van der Waals surface area (Å²) in [7, 11) is 1.81. The van der Waals surface area contributed by atoms with Gasteiger partial charge in [0.1, 0.15) is 11.3 Å². The molecule has 20 heavy (non-hydrogen) atoms. The highest BCUT2D eigenvalue weighted by Gasteiger charge is 2.17. The van der Waals surface area contributed by atoms with Gasteiger partial charge in [-0.15, -0.1) is 5.10 Å². The number of hydrogen-bond acceptors (Lipinski definition) is 3. The third kappa shape index (κ3) is 1.96. The molecule has 0 spiro atoms. The molecule has 3 rings (SSSR count). The Balaban J connectivity index is 2.27. The van der Waals surface area contributed by atoms with Gasteiger partial charge >= 0.3 is 0 Å². The lowest BCUT2D eigenvalue weighted by Gasteiger charge is -2.16. The van der Waals surface area contributed by atoms with Crippen molar-refractivity contribution in [2.45, 2.75) is 13.0 Å². The van der Waals surface area contributed by atoms with E-state index >= 15 is 0 Å². The summed E-state index contributed by atoms with van der Waals surface area (Å²) < 4.78 is 15.9. The highest BCUT2D eigenvalue weighted by Crippen LogP contribution is 2.26. The van der Waals surface area contributed by atoms with Crippen LogP contribution < -0.4 is 5.32 Å². The molecule has 1 unspecified atom stereocenters. The van der Waals surface area contributed by atoms with Gasteiger partial charge in [-0.25, -0.2) is 9.07 Å². The van der Waals surface area contributed by atoms with Crippen molar-refractivity contribution >= 4 is 11.0 Å². The second kappa shape index (κ2) is 5.02. The van der Waals surface area contributed by atoms with Gasteiger partial charge in [-0.3, -0.25) is 0 Å². The molecule has 0 aliphatic carbocycles. The zero-order valence-corrected chi connectivity index (χ0v) is 11.3. The van der Waals surface area contributed by atoms with Gasteiger partial charge in [0.05, 0.1) is 11.2 Å². The maximum Gasteiger partial charge on any atom is 0.130 e. The normalized spacial score (nSPS) is 12.8. The topological polar surface area (TPSA) is 42.7 Å². The van der Waals surface area contributed by atoms with Crippen molar-refractivity contribution in [1.82, 2.24) is 20.3 Å². The van der Waals surface area contributed by atoms with Gasteiger partial charge in [0, 0.05) is 11.6 Å². The van der Waals surface area contributed by atoms with Crippen LogP contribution >= 0.6 is 0 Å². The highest BCUT2D eigenvalue weighted by molar-refractivity contribution is 5.76. The van der Waals surface area contributed by atoms with E-state index < -0.39 is 0 Å². The molecule has 3 aromatic rings. The van der Waals surface area contributed by atoms with Crippen LogP contribution in [0.4, 0.5) is 4.39 Å². The van der Waals surface area contributed by atoms with Crippen LogP contribution in [0.5, 0.6) is 0 Å². The number of nitrogens with zero attached hydrogens (tertiary/aromatic N) is 3. The molecule has 0 saturated heterocycles. The Morgan fingerprint density at radius 2 is 1.95 bits per heavy atom. The average molecular weight is 270 g/mol. The lowest BCUT2D eigenvalue weighted by atomic mass is 10.1. The van der Waals surface area contributed by atoms with Crippen molar-refractivity contribution in [3.8, 4) is 5.69 Å². The fourth-order valence-electron chi connectivity index (χ4n) is 2.33. The zero-order valence-electron chi connectivity index (χ0n) is 11.3. The van der Waals surface area contributed by atoms with Gasteiger partial charge in [-0.2, -0.15) is 0 Å². The summed E-state index contributed by atoms with van der Waals surface area (Å²) in [5.74, 6) is -0.246. The van der Waals surface area contributed by atoms with Crippen molar-refractivity contribution in [2.75, 3.05) is 7.05 Å². The Labute approximate surface area is 116 Å². The summed E-state index contributed by atoms with van der Waals surface area (Å²) in [5.41, 5.74) is 2.95. The minimum absolute atomic E-state index is 0.117. The molecule has 1 heterocycles. The van der Waals surface area contributed by atoms with Gasteiger partial charge in [0.15, 0.2) is 0 Å². The molecule has 1 N–H and O–H groups in total. The molecule has 102 valence electrons. The predicted octanol–water partition coefficient (Wildman–Crippen LogP) is 2.84. The minimum atomic E-state index is -0.246. The number of rotatable bonds is 3. The molecule has 2 aromatic carbocycles. The molecule has 5 heteroatoms. The van der Waals surface area contributed by atoms with E-state index in [-0.39, 0.29) is 11.9 Å². The van der Waals surface area contributed by atoms with E-state index in [4.69, 9.17) is 0 Å². The fourth-order valence-corrected chi connectivity index (χ4v) is 2.33. The van der Waals surface area contributed by atoms with Crippen LogP contribution in [0, 0.1) is 5.82 Å². The maximum absolute atomic E-state index is 14.2. The number of halogens is 1. The van der Waals surface area contributed by atoms with Crippen molar-refractivity contribution in [1.29, 1.82) is 0 Å². The van der Waals surface area contributed by atoms with Crippen LogP contribution in [-0.4, -0.2) is 22.0 Å². The molecule has 0 radical (unpaired) electrons. The van der Waals surface area contributed by atoms with Crippen LogP contribution in [0.1, 0.15) is 18.5 Å². The molecule has 1 atom stereocenters. The molecule has 1 aromatic heterocycles. The summed E-state index contributed by atoms with van der Waals surface area (Å²) >= 11 is 0. The standard InChI is InChI=1S/C15H15FN4/c1-10(17-2)15-11(16)6-5-9-14(15)20-13-8-4-3-7-12(13)18-19-20/h3-10,17H,1-2H3. The number of benzene rings is 2. The number of aromatic nitrogens is 3. The number of fused-ring (bicyclic) bond motifs is 1. The second-order valence-electron chi connectivity index (χ2n) is 4.67. The maximum atomic E-state index is 14.2. The lowest BCUT2D eigenvalue weighted by Crippen LogP contribution is -2.17.